The van der Waals surface area contributed by atoms with Crippen LogP contribution in [0, 0.1) is 11.2 Å². The van der Waals surface area contributed by atoms with Gasteiger partial charge in [-0.25, -0.2) is 9.18 Å². The molecule has 4 N–H and O–H groups in total. The summed E-state index contributed by atoms with van der Waals surface area (Å²) in [6.45, 7) is 1.87. The lowest BCUT2D eigenvalue weighted by molar-refractivity contribution is -0.144. The predicted octanol–water partition coefficient (Wildman–Crippen LogP) is 2.65. The highest BCUT2D eigenvalue weighted by molar-refractivity contribution is 7.13. The molecule has 10 heteroatoms. The Bertz CT molecular complexity index is 960. The van der Waals surface area contributed by atoms with Crippen molar-refractivity contribution in [3.8, 4) is 5.75 Å². The van der Waals surface area contributed by atoms with E-state index in [-0.39, 0.29) is 40.9 Å². The van der Waals surface area contributed by atoms with Crippen LogP contribution in [-0.4, -0.2) is 46.8 Å². The van der Waals surface area contributed by atoms with E-state index >= 15 is 0 Å². The normalized spacial score (nSPS) is 10.5. The van der Waals surface area contributed by atoms with E-state index in [0.717, 1.165) is 22.3 Å². The molecule has 2 rings (SSSR count). The van der Waals surface area contributed by atoms with Crippen molar-refractivity contribution in [3.05, 3.63) is 51.5 Å². The third-order valence-electron chi connectivity index (χ3n) is 4.07. The topological polar surface area (TPSA) is 134 Å². The first-order valence-electron chi connectivity index (χ1n) is 9.15. The molecule has 0 atom stereocenters. The molecule has 0 aliphatic rings. The Hall–Kier alpha value is -3.27. The number of halogens is 1. The number of aryl methyl sites for hydroxylation is 1. The standard InChI is InChI=1S/C20H22FN3O5S/c1-2-9-24(11-18(26)27)17(25)8-5-13-4-7-16(30-13)20(28)29-15-6-3-12(19(22)23)10-14(15)21/h3-4,6-7,10H,2,5,8-9,11H2,1H3,(H3,22,23)(H,26,27). The number of rotatable bonds is 10. The molecule has 0 radical (unpaired) electrons. The average molecular weight is 435 g/mol. The van der Waals surface area contributed by atoms with Gasteiger partial charge in [-0.15, -0.1) is 11.3 Å². The van der Waals surface area contributed by atoms with Gasteiger partial charge in [-0.05, 0) is 43.2 Å². The number of carbonyl (C=O) groups excluding carboxylic acids is 2. The number of ether oxygens (including phenoxy) is 1. The lowest BCUT2D eigenvalue weighted by Gasteiger charge is -2.19. The molecule has 160 valence electrons. The fourth-order valence-corrected chi connectivity index (χ4v) is 3.52. The number of aliphatic carboxylic acids is 1. The molecule has 30 heavy (non-hydrogen) atoms. The molecular formula is C20H22FN3O5S. The Labute approximate surface area is 176 Å². The number of esters is 1. The van der Waals surface area contributed by atoms with Crippen LogP contribution >= 0.6 is 11.3 Å². The minimum atomic E-state index is -1.07. The number of carboxylic acid groups (broad SMARTS) is 1. The Morgan fingerprint density at radius 3 is 2.60 bits per heavy atom. The van der Waals surface area contributed by atoms with Crippen LogP contribution in [0.2, 0.25) is 0 Å². The number of hydrogen-bond acceptors (Lipinski definition) is 6. The molecule has 0 aliphatic heterocycles. The van der Waals surface area contributed by atoms with Gasteiger partial charge in [0, 0.05) is 23.4 Å². The highest BCUT2D eigenvalue weighted by atomic mass is 32.1. The van der Waals surface area contributed by atoms with Crippen molar-refractivity contribution in [2.24, 2.45) is 5.73 Å². The van der Waals surface area contributed by atoms with E-state index in [2.05, 4.69) is 0 Å². The molecule has 0 bridgehead atoms. The summed E-state index contributed by atoms with van der Waals surface area (Å²) < 4.78 is 19.1. The van der Waals surface area contributed by atoms with Gasteiger partial charge in [-0.2, -0.15) is 0 Å². The smallest absolute Gasteiger partial charge is 0.353 e. The minimum absolute atomic E-state index is 0.115. The number of thiophene rings is 1. The van der Waals surface area contributed by atoms with Crippen LogP contribution in [0.4, 0.5) is 4.39 Å². The van der Waals surface area contributed by atoms with Gasteiger partial charge in [0.1, 0.15) is 17.3 Å². The van der Waals surface area contributed by atoms with Crippen LogP contribution in [0.15, 0.2) is 30.3 Å². The maximum atomic E-state index is 14.0. The van der Waals surface area contributed by atoms with E-state index in [1.807, 2.05) is 6.92 Å². The molecular weight excluding hydrogens is 413 g/mol. The van der Waals surface area contributed by atoms with Crippen LogP contribution in [0.5, 0.6) is 5.75 Å². The molecule has 1 amide bonds. The molecule has 0 saturated carbocycles. The SMILES string of the molecule is CCCN(CC(=O)O)C(=O)CCc1ccc(C(=O)Oc2ccc(C(=N)N)cc2F)s1. The lowest BCUT2D eigenvalue weighted by atomic mass is 10.2. The van der Waals surface area contributed by atoms with Crippen molar-refractivity contribution < 1.29 is 28.6 Å². The molecule has 2 aromatic rings. The third-order valence-corrected chi connectivity index (χ3v) is 5.19. The molecule has 1 aromatic carbocycles. The number of nitrogens with two attached hydrogens (primary N) is 1. The summed E-state index contributed by atoms with van der Waals surface area (Å²) in [6, 6.07) is 6.80. The number of nitrogen functional groups attached to an aromatic ring is 1. The number of amides is 1. The van der Waals surface area contributed by atoms with E-state index in [1.54, 1.807) is 6.07 Å². The maximum absolute atomic E-state index is 14.0. The zero-order valence-corrected chi connectivity index (χ0v) is 17.1. The quantitative estimate of drug-likeness (QED) is 0.227. The first-order valence-corrected chi connectivity index (χ1v) is 9.97. The summed E-state index contributed by atoms with van der Waals surface area (Å²) in [5, 5.41) is 16.2. The van der Waals surface area contributed by atoms with Crippen LogP contribution in [0.25, 0.3) is 0 Å². The van der Waals surface area contributed by atoms with Gasteiger partial charge in [-0.3, -0.25) is 15.0 Å². The summed E-state index contributed by atoms with van der Waals surface area (Å²) >= 11 is 1.12. The second-order valence-corrected chi connectivity index (χ2v) is 7.59. The molecule has 0 saturated heterocycles. The summed E-state index contributed by atoms with van der Waals surface area (Å²) in [4.78, 5) is 37.7. The van der Waals surface area contributed by atoms with Gasteiger partial charge < -0.3 is 20.5 Å². The number of benzene rings is 1. The van der Waals surface area contributed by atoms with Gasteiger partial charge in [-0.1, -0.05) is 6.92 Å². The molecule has 0 fully saturated rings. The lowest BCUT2D eigenvalue weighted by Crippen LogP contribution is -2.36. The largest absolute Gasteiger partial charge is 0.480 e. The number of nitrogens with zero attached hydrogens (tertiary/aromatic N) is 1. The van der Waals surface area contributed by atoms with Gasteiger partial charge in [0.25, 0.3) is 0 Å². The van der Waals surface area contributed by atoms with Crippen LogP contribution in [-0.2, 0) is 16.0 Å². The second-order valence-electron chi connectivity index (χ2n) is 6.42. The number of carboxylic acids is 1. The van der Waals surface area contributed by atoms with E-state index in [1.165, 1.54) is 23.1 Å². The van der Waals surface area contributed by atoms with Crippen molar-refractivity contribution in [2.75, 3.05) is 13.1 Å². The van der Waals surface area contributed by atoms with E-state index in [4.69, 9.17) is 21.0 Å². The first-order chi connectivity index (χ1) is 14.2. The molecule has 0 unspecified atom stereocenters. The Kier molecular flexibility index (Phi) is 8.05. The predicted molar refractivity (Wildman–Crippen MR) is 110 cm³/mol. The summed E-state index contributed by atoms with van der Waals surface area (Å²) in [6.07, 6.45) is 1.11. The number of amidine groups is 1. The number of nitrogens with one attached hydrogen (secondary N) is 1. The maximum Gasteiger partial charge on any atom is 0.353 e. The van der Waals surface area contributed by atoms with E-state index in [0.29, 0.717) is 19.4 Å². The second kappa shape index (κ2) is 10.5. The Balaban J connectivity index is 1.97. The molecule has 0 spiro atoms. The summed E-state index contributed by atoms with van der Waals surface area (Å²) in [5.74, 6) is -3.48. The van der Waals surface area contributed by atoms with Crippen molar-refractivity contribution in [2.45, 2.75) is 26.2 Å². The Morgan fingerprint density at radius 1 is 1.27 bits per heavy atom. The summed E-state index contributed by atoms with van der Waals surface area (Å²) in [7, 11) is 0. The number of carbonyl (C=O) groups is 3. The highest BCUT2D eigenvalue weighted by Crippen LogP contribution is 2.23. The molecule has 1 aromatic heterocycles. The van der Waals surface area contributed by atoms with Crippen molar-refractivity contribution in [1.82, 2.24) is 4.90 Å². The minimum Gasteiger partial charge on any atom is -0.480 e. The highest BCUT2D eigenvalue weighted by Gasteiger charge is 2.18. The van der Waals surface area contributed by atoms with Crippen LogP contribution < -0.4 is 10.5 Å². The van der Waals surface area contributed by atoms with Crippen LogP contribution in [0.1, 0.15) is 39.9 Å². The van der Waals surface area contributed by atoms with E-state index in [9.17, 15) is 18.8 Å². The molecule has 1 heterocycles. The third kappa shape index (κ3) is 6.38. The zero-order chi connectivity index (χ0) is 22.3. The fourth-order valence-electron chi connectivity index (χ4n) is 2.64. The number of hydrogen-bond donors (Lipinski definition) is 3. The summed E-state index contributed by atoms with van der Waals surface area (Å²) in [5.41, 5.74) is 5.47. The first kappa shape index (κ1) is 23.0. The Morgan fingerprint density at radius 2 is 2.00 bits per heavy atom. The van der Waals surface area contributed by atoms with Crippen LogP contribution in [0.3, 0.4) is 0 Å². The fraction of sp³-hybridized carbons (Fsp3) is 0.300. The molecule has 0 aliphatic carbocycles. The van der Waals surface area contributed by atoms with Gasteiger partial charge in [0.15, 0.2) is 11.6 Å². The van der Waals surface area contributed by atoms with Crippen molar-refractivity contribution in [1.29, 1.82) is 5.41 Å². The average Bonchev–Trinajstić information content (AvgIpc) is 3.16. The zero-order valence-electron chi connectivity index (χ0n) is 16.3. The monoisotopic (exact) mass is 435 g/mol. The van der Waals surface area contributed by atoms with Gasteiger partial charge >= 0.3 is 11.9 Å². The van der Waals surface area contributed by atoms with Gasteiger partial charge in [0.2, 0.25) is 5.91 Å². The van der Waals surface area contributed by atoms with E-state index < -0.39 is 17.8 Å². The van der Waals surface area contributed by atoms with Crippen molar-refractivity contribution >= 4 is 35.0 Å². The van der Waals surface area contributed by atoms with Crippen molar-refractivity contribution in [3.63, 3.8) is 0 Å². The van der Waals surface area contributed by atoms with Gasteiger partial charge in [0.05, 0.1) is 0 Å². The molecule has 8 nitrogen and oxygen atoms in total.